The molecule has 0 aliphatic rings. The molecule has 0 rings (SSSR count). The van der Waals surface area contributed by atoms with E-state index in [1.807, 2.05) is 0 Å². The van der Waals surface area contributed by atoms with E-state index in [0.717, 1.165) is 0 Å². The molecule has 1 atom stereocenters. The Morgan fingerprint density at radius 2 is 1.00 bits per heavy atom. The van der Waals surface area contributed by atoms with Gasteiger partial charge in [-0.2, -0.15) is 9.90 Å². The fraction of sp³-hybridized carbons (Fsp3) is 0. The van der Waals surface area contributed by atoms with Crippen LogP contribution in [0.15, 0.2) is 0 Å². The summed E-state index contributed by atoms with van der Waals surface area (Å²) in [6, 6.07) is 0. The van der Waals surface area contributed by atoms with E-state index in [-0.39, 0.29) is 68.3 Å². The smallest absolute Gasteiger partial charge is 2.00 e. The second kappa shape index (κ2) is 19.4. The molecule has 0 fully saturated rings. The van der Waals surface area contributed by atoms with Gasteiger partial charge < -0.3 is 5.48 Å². The van der Waals surface area contributed by atoms with Crippen LogP contribution in [-0.4, -0.2) is 17.4 Å². The summed E-state index contributed by atoms with van der Waals surface area (Å²) in [4.78, 5) is 0. The van der Waals surface area contributed by atoms with Crippen molar-refractivity contribution in [2.75, 3.05) is 0 Å². The normalized spacial score (nSPS) is 0. The van der Waals surface area contributed by atoms with Gasteiger partial charge in [-0.15, -0.1) is 0 Å². The third-order valence-corrected chi connectivity index (χ3v) is 0. The SMILES string of the molecule is P.[Al+3].[La+3].[O-2]. The zero-order chi connectivity index (χ0) is 0. The van der Waals surface area contributed by atoms with Crippen LogP contribution in [0.4, 0.5) is 0 Å². The van der Waals surface area contributed by atoms with Gasteiger partial charge in [0.05, 0.1) is 0 Å². The van der Waals surface area contributed by atoms with Gasteiger partial charge in [-0.3, -0.25) is 0 Å². The molecule has 0 aliphatic carbocycles. The standard InChI is InChI=1S/Al.La.O.H3P/h;;;1H3/q2*+3;-2;. The van der Waals surface area contributed by atoms with Gasteiger partial charge >= 0.3 is 53.0 Å². The van der Waals surface area contributed by atoms with Gasteiger partial charge in [0.15, 0.2) is 0 Å². The molecular formula is H3AlLaOP+4. The second-order valence-corrected chi connectivity index (χ2v) is 0. The van der Waals surface area contributed by atoms with Crippen LogP contribution >= 0.6 is 9.90 Å². The Bertz CT molecular complexity index is 8.00. The summed E-state index contributed by atoms with van der Waals surface area (Å²) in [6.45, 7) is 0. The summed E-state index contributed by atoms with van der Waals surface area (Å²) < 4.78 is 0. The Morgan fingerprint density at radius 1 is 1.00 bits per heavy atom. The molecule has 0 bridgehead atoms. The van der Waals surface area contributed by atoms with E-state index >= 15 is 0 Å². The summed E-state index contributed by atoms with van der Waals surface area (Å²) in [5.74, 6) is 0. The van der Waals surface area contributed by atoms with Crippen molar-refractivity contribution in [3.63, 3.8) is 0 Å². The van der Waals surface area contributed by atoms with Crippen molar-refractivity contribution >= 4 is 27.3 Å². The van der Waals surface area contributed by atoms with Crippen LogP contribution in [0, 0.1) is 35.6 Å². The van der Waals surface area contributed by atoms with Gasteiger partial charge in [0, 0.05) is 0 Å². The third-order valence-electron chi connectivity index (χ3n) is 0. The van der Waals surface area contributed by atoms with Crippen LogP contribution < -0.4 is 0 Å². The summed E-state index contributed by atoms with van der Waals surface area (Å²) in [5.41, 5.74) is 0. The maximum atomic E-state index is 0. The Labute approximate surface area is 67.6 Å². The van der Waals surface area contributed by atoms with Crippen LogP contribution in [0.2, 0.25) is 0 Å². The zero-order valence-electron chi connectivity index (χ0n) is 2.27. The number of hydrogen-bond donors (Lipinski definition) is 0. The Morgan fingerprint density at radius 3 is 1.00 bits per heavy atom. The molecule has 16 valence electrons. The molecule has 4 heteroatoms. The van der Waals surface area contributed by atoms with E-state index < -0.39 is 0 Å². The number of rotatable bonds is 0. The van der Waals surface area contributed by atoms with E-state index in [4.69, 9.17) is 0 Å². The van der Waals surface area contributed by atoms with Crippen LogP contribution in [0.1, 0.15) is 0 Å². The second-order valence-electron chi connectivity index (χ2n) is 0. The van der Waals surface area contributed by atoms with Crippen LogP contribution in [0.25, 0.3) is 0 Å². The van der Waals surface area contributed by atoms with Crippen molar-refractivity contribution in [2.24, 2.45) is 0 Å². The zero-order valence-corrected chi connectivity index (χ0v) is 8.46. The van der Waals surface area contributed by atoms with Crippen LogP contribution in [0.5, 0.6) is 0 Å². The van der Waals surface area contributed by atoms with Gasteiger partial charge in [0.25, 0.3) is 0 Å². The fourth-order valence-corrected chi connectivity index (χ4v) is 0. The molecule has 0 aromatic rings. The average Bonchev–Trinajstić information content (AvgIpc) is 0. The van der Waals surface area contributed by atoms with E-state index in [0.29, 0.717) is 0 Å². The van der Waals surface area contributed by atoms with Crippen molar-refractivity contribution in [3.05, 3.63) is 0 Å². The van der Waals surface area contributed by atoms with E-state index in [1.165, 1.54) is 0 Å². The van der Waals surface area contributed by atoms with Crippen LogP contribution in [-0.2, 0) is 5.48 Å². The Balaban J connectivity index is 0. The van der Waals surface area contributed by atoms with Crippen LogP contribution in [0.3, 0.4) is 0 Å². The first-order valence-corrected chi connectivity index (χ1v) is 0. The maximum Gasteiger partial charge on any atom is 3.00 e. The van der Waals surface area contributed by atoms with Crippen molar-refractivity contribution in [2.45, 2.75) is 0 Å². The molecule has 1 unspecified atom stereocenters. The molecule has 4 heavy (non-hydrogen) atoms. The van der Waals surface area contributed by atoms with Crippen molar-refractivity contribution in [3.8, 4) is 0 Å². The monoisotopic (exact) mass is 216 g/mol. The molecule has 0 aliphatic heterocycles. The molecule has 0 saturated carbocycles. The first kappa shape index (κ1) is 35.7. The summed E-state index contributed by atoms with van der Waals surface area (Å²) >= 11 is 0. The van der Waals surface area contributed by atoms with Gasteiger partial charge in [0.2, 0.25) is 0 Å². The van der Waals surface area contributed by atoms with Gasteiger partial charge in [-0.25, -0.2) is 0 Å². The van der Waals surface area contributed by atoms with Gasteiger partial charge in [-0.05, 0) is 0 Å². The van der Waals surface area contributed by atoms with E-state index in [9.17, 15) is 0 Å². The predicted octanol–water partition coefficient (Wildman–Crippen LogP) is -0.442. The Hall–Kier alpha value is 2.12. The minimum atomic E-state index is 0. The Kier molecular flexibility index (Phi) is 173. The molecule has 0 saturated heterocycles. The molecular weight excluding hydrogens is 213 g/mol. The average molecular weight is 216 g/mol. The predicted molar refractivity (Wildman–Crippen MR) is 17.5 cm³/mol. The molecule has 0 aromatic carbocycles. The summed E-state index contributed by atoms with van der Waals surface area (Å²) in [6.07, 6.45) is 0. The molecule has 0 heterocycles. The fourth-order valence-electron chi connectivity index (χ4n) is 0. The minimum absolute atomic E-state index is 0. The molecule has 0 spiro atoms. The summed E-state index contributed by atoms with van der Waals surface area (Å²) in [5, 5.41) is 0. The summed E-state index contributed by atoms with van der Waals surface area (Å²) in [7, 11) is 0. The van der Waals surface area contributed by atoms with E-state index in [1.54, 1.807) is 0 Å². The largest absolute Gasteiger partial charge is 3.00 e. The minimum Gasteiger partial charge on any atom is -2.00 e. The topological polar surface area (TPSA) is 28.5 Å². The molecule has 0 amide bonds. The molecule has 1 nitrogen and oxygen atoms in total. The number of hydrogen-bond acceptors (Lipinski definition) is 0. The first-order valence-electron chi connectivity index (χ1n) is 0. The molecule has 0 aromatic heterocycles. The molecule has 0 N–H and O–H groups in total. The van der Waals surface area contributed by atoms with Crippen molar-refractivity contribution in [1.29, 1.82) is 0 Å². The quantitative estimate of drug-likeness (QED) is 0.388. The first-order chi connectivity index (χ1) is 0. The van der Waals surface area contributed by atoms with Crippen molar-refractivity contribution < 1.29 is 41.1 Å². The maximum absolute atomic E-state index is 0. The van der Waals surface area contributed by atoms with Gasteiger partial charge in [0.1, 0.15) is 0 Å². The third kappa shape index (κ3) is 8.92. The van der Waals surface area contributed by atoms with E-state index in [2.05, 4.69) is 0 Å². The van der Waals surface area contributed by atoms with Crippen molar-refractivity contribution in [1.82, 2.24) is 0 Å². The molecule has 0 radical (unpaired) electrons. The van der Waals surface area contributed by atoms with Gasteiger partial charge in [-0.1, -0.05) is 0 Å².